The summed E-state index contributed by atoms with van der Waals surface area (Å²) in [6, 6.07) is 5.73. The maximum absolute atomic E-state index is 13.7. The second-order valence-electron chi connectivity index (χ2n) is 4.42. The summed E-state index contributed by atoms with van der Waals surface area (Å²) in [4.78, 5) is 13.5. The molecule has 1 aliphatic heterocycles. The van der Waals surface area contributed by atoms with Crippen molar-refractivity contribution in [1.29, 1.82) is 0 Å². The fraction of sp³-hybridized carbons (Fsp3) is 0.462. The van der Waals surface area contributed by atoms with Crippen LogP contribution in [0.4, 0.5) is 4.39 Å². The first-order chi connectivity index (χ1) is 8.20. The summed E-state index contributed by atoms with van der Waals surface area (Å²) >= 11 is 0. The van der Waals surface area contributed by atoms with E-state index in [0.717, 1.165) is 25.9 Å². The first-order valence-electron chi connectivity index (χ1n) is 5.98. The third kappa shape index (κ3) is 2.64. The Hall–Kier alpha value is -1.42. The molecule has 3 nitrogen and oxygen atoms in total. The number of hydrogen-bond acceptors (Lipinski definition) is 2. The monoisotopic (exact) mass is 236 g/mol. The van der Waals surface area contributed by atoms with E-state index in [0.29, 0.717) is 5.56 Å². The van der Waals surface area contributed by atoms with Gasteiger partial charge in [0.15, 0.2) is 0 Å². The van der Waals surface area contributed by atoms with Crippen molar-refractivity contribution in [3.63, 3.8) is 0 Å². The van der Waals surface area contributed by atoms with E-state index in [1.165, 1.54) is 12.5 Å². The van der Waals surface area contributed by atoms with E-state index < -0.39 is 11.9 Å². The SMILES string of the molecule is NC(=O)C(c1ccccc1F)N1CCCCC1. The van der Waals surface area contributed by atoms with E-state index in [1.807, 2.05) is 4.90 Å². The summed E-state index contributed by atoms with van der Waals surface area (Å²) in [6.07, 6.45) is 3.25. The van der Waals surface area contributed by atoms with Crippen LogP contribution in [0.3, 0.4) is 0 Å². The Morgan fingerprint density at radius 3 is 2.47 bits per heavy atom. The third-order valence-corrected chi connectivity index (χ3v) is 3.23. The molecule has 1 amide bonds. The molecule has 1 unspecified atom stereocenters. The smallest absolute Gasteiger partial charge is 0.239 e. The lowest BCUT2D eigenvalue weighted by atomic mass is 10.0. The lowest BCUT2D eigenvalue weighted by Gasteiger charge is -2.32. The molecule has 0 saturated carbocycles. The number of primary amides is 1. The number of halogens is 1. The number of rotatable bonds is 3. The molecule has 1 aliphatic rings. The predicted molar refractivity (Wildman–Crippen MR) is 63.8 cm³/mol. The zero-order valence-corrected chi connectivity index (χ0v) is 9.73. The van der Waals surface area contributed by atoms with Crippen molar-refractivity contribution in [2.24, 2.45) is 5.73 Å². The van der Waals surface area contributed by atoms with Crippen molar-refractivity contribution in [3.8, 4) is 0 Å². The van der Waals surface area contributed by atoms with Crippen molar-refractivity contribution in [1.82, 2.24) is 4.90 Å². The number of amides is 1. The highest BCUT2D eigenvalue weighted by Gasteiger charge is 2.28. The second-order valence-corrected chi connectivity index (χ2v) is 4.42. The number of hydrogen-bond donors (Lipinski definition) is 1. The van der Waals surface area contributed by atoms with E-state index in [4.69, 9.17) is 5.73 Å². The molecule has 0 bridgehead atoms. The van der Waals surface area contributed by atoms with Gasteiger partial charge in [-0.3, -0.25) is 9.69 Å². The first-order valence-corrected chi connectivity index (χ1v) is 5.98. The molecule has 4 heteroatoms. The maximum Gasteiger partial charge on any atom is 0.239 e. The van der Waals surface area contributed by atoms with Gasteiger partial charge in [0.05, 0.1) is 0 Å². The summed E-state index contributed by atoms with van der Waals surface area (Å²) in [5.74, 6) is -0.834. The van der Waals surface area contributed by atoms with Crippen LogP contribution in [0.15, 0.2) is 24.3 Å². The summed E-state index contributed by atoms with van der Waals surface area (Å²) in [5.41, 5.74) is 5.81. The molecular formula is C13H17FN2O. The number of nitrogens with two attached hydrogens (primary N) is 1. The van der Waals surface area contributed by atoms with Gasteiger partial charge in [0.2, 0.25) is 5.91 Å². The largest absolute Gasteiger partial charge is 0.368 e. The molecular weight excluding hydrogens is 219 g/mol. The Morgan fingerprint density at radius 1 is 1.24 bits per heavy atom. The summed E-state index contributed by atoms with van der Waals surface area (Å²) in [5, 5.41) is 0. The van der Waals surface area contributed by atoms with Gasteiger partial charge in [-0.15, -0.1) is 0 Å². The van der Waals surface area contributed by atoms with Gasteiger partial charge in [-0.05, 0) is 32.0 Å². The van der Waals surface area contributed by atoms with Crippen LogP contribution >= 0.6 is 0 Å². The van der Waals surface area contributed by atoms with Gasteiger partial charge in [-0.1, -0.05) is 24.6 Å². The van der Waals surface area contributed by atoms with Gasteiger partial charge in [0, 0.05) is 5.56 Å². The molecule has 0 aliphatic carbocycles. The van der Waals surface area contributed by atoms with E-state index in [1.54, 1.807) is 18.2 Å². The molecule has 0 aromatic heterocycles. The van der Waals surface area contributed by atoms with Crippen molar-refractivity contribution in [2.75, 3.05) is 13.1 Å². The van der Waals surface area contributed by atoms with Gasteiger partial charge in [0.25, 0.3) is 0 Å². The number of carbonyl (C=O) groups is 1. The van der Waals surface area contributed by atoms with Crippen molar-refractivity contribution >= 4 is 5.91 Å². The predicted octanol–water partition coefficient (Wildman–Crippen LogP) is 1.84. The average molecular weight is 236 g/mol. The van der Waals surface area contributed by atoms with Crippen LogP contribution in [0.25, 0.3) is 0 Å². The maximum atomic E-state index is 13.7. The summed E-state index contributed by atoms with van der Waals surface area (Å²) < 4.78 is 13.7. The van der Waals surface area contributed by atoms with Crippen LogP contribution < -0.4 is 5.73 Å². The Bertz CT molecular complexity index is 402. The Morgan fingerprint density at radius 2 is 1.88 bits per heavy atom. The molecule has 1 saturated heterocycles. The molecule has 92 valence electrons. The molecule has 2 rings (SSSR count). The van der Waals surface area contributed by atoms with Gasteiger partial charge in [-0.2, -0.15) is 0 Å². The normalized spacial score (nSPS) is 18.9. The van der Waals surface area contributed by atoms with Crippen LogP contribution in [-0.2, 0) is 4.79 Å². The minimum atomic E-state index is -0.628. The summed E-state index contributed by atoms with van der Waals surface area (Å²) in [6.45, 7) is 1.61. The van der Waals surface area contributed by atoms with Crippen LogP contribution in [0, 0.1) is 5.82 Å². The van der Waals surface area contributed by atoms with Gasteiger partial charge in [-0.25, -0.2) is 4.39 Å². The highest BCUT2D eigenvalue weighted by atomic mass is 19.1. The van der Waals surface area contributed by atoms with Crippen LogP contribution in [0.5, 0.6) is 0 Å². The van der Waals surface area contributed by atoms with E-state index >= 15 is 0 Å². The number of benzene rings is 1. The van der Waals surface area contributed by atoms with E-state index in [2.05, 4.69) is 0 Å². The van der Waals surface area contributed by atoms with Crippen LogP contribution in [-0.4, -0.2) is 23.9 Å². The molecule has 1 heterocycles. The number of likely N-dealkylation sites (tertiary alicyclic amines) is 1. The molecule has 1 fully saturated rings. The van der Waals surface area contributed by atoms with Crippen molar-refractivity contribution in [2.45, 2.75) is 25.3 Å². The quantitative estimate of drug-likeness (QED) is 0.870. The van der Waals surface area contributed by atoms with Gasteiger partial charge >= 0.3 is 0 Å². The number of piperidine rings is 1. The zero-order chi connectivity index (χ0) is 12.3. The molecule has 1 aromatic carbocycles. The van der Waals surface area contributed by atoms with Crippen LogP contribution in [0.2, 0.25) is 0 Å². The molecule has 17 heavy (non-hydrogen) atoms. The Kier molecular flexibility index (Phi) is 3.74. The first kappa shape index (κ1) is 12.0. The topological polar surface area (TPSA) is 46.3 Å². The van der Waals surface area contributed by atoms with Crippen molar-refractivity contribution in [3.05, 3.63) is 35.6 Å². The molecule has 0 radical (unpaired) electrons. The fourth-order valence-electron chi connectivity index (χ4n) is 2.40. The lowest BCUT2D eigenvalue weighted by Crippen LogP contribution is -2.41. The standard InChI is InChI=1S/C13H17FN2O/c14-11-7-3-2-6-10(11)12(13(15)17)16-8-4-1-5-9-16/h2-3,6-7,12H,1,4-5,8-9H2,(H2,15,17). The second kappa shape index (κ2) is 5.27. The van der Waals surface area contributed by atoms with E-state index in [9.17, 15) is 9.18 Å². The summed E-state index contributed by atoms with van der Waals surface area (Å²) in [7, 11) is 0. The lowest BCUT2D eigenvalue weighted by molar-refractivity contribution is -0.124. The number of nitrogens with zero attached hydrogens (tertiary/aromatic N) is 1. The highest BCUT2D eigenvalue weighted by Crippen LogP contribution is 2.26. The van der Waals surface area contributed by atoms with Crippen molar-refractivity contribution < 1.29 is 9.18 Å². The molecule has 2 N–H and O–H groups in total. The van der Waals surface area contributed by atoms with E-state index in [-0.39, 0.29) is 5.82 Å². The zero-order valence-electron chi connectivity index (χ0n) is 9.73. The van der Waals surface area contributed by atoms with Gasteiger partial charge in [0.1, 0.15) is 11.9 Å². The Labute approximate surface area is 100 Å². The van der Waals surface area contributed by atoms with Gasteiger partial charge < -0.3 is 5.73 Å². The number of carbonyl (C=O) groups excluding carboxylic acids is 1. The minimum Gasteiger partial charge on any atom is -0.368 e. The highest BCUT2D eigenvalue weighted by molar-refractivity contribution is 5.81. The van der Waals surface area contributed by atoms with Crippen LogP contribution in [0.1, 0.15) is 30.9 Å². The molecule has 1 atom stereocenters. The average Bonchev–Trinajstić information content (AvgIpc) is 2.33. The fourth-order valence-corrected chi connectivity index (χ4v) is 2.40. The third-order valence-electron chi connectivity index (χ3n) is 3.23. The minimum absolute atomic E-state index is 0.359. The molecule has 1 aromatic rings. The molecule has 0 spiro atoms. The Balaban J connectivity index is 2.28.